The number of carboxylic acid groups (broad SMARTS) is 1. The third-order valence-corrected chi connectivity index (χ3v) is 4.74. The molecular weight excluding hydrogens is 268 g/mol. The van der Waals surface area contributed by atoms with Gasteiger partial charge in [0.1, 0.15) is 5.54 Å². The number of nitrogens with one attached hydrogen (secondary N) is 1. The summed E-state index contributed by atoms with van der Waals surface area (Å²) in [7, 11) is 0. The summed E-state index contributed by atoms with van der Waals surface area (Å²) < 4.78 is 0. The highest BCUT2D eigenvalue weighted by Gasteiger charge is 2.47. The van der Waals surface area contributed by atoms with Crippen molar-refractivity contribution in [3.05, 3.63) is 29.8 Å². The molecule has 3 rings (SSSR count). The van der Waals surface area contributed by atoms with Crippen LogP contribution >= 0.6 is 0 Å². The SMILES string of the molecule is CC1(C(=O)O)CCCN1C(=O)C1CNc2ccccc2C1. The number of anilines is 1. The molecular formula is C16H20N2O3. The van der Waals surface area contributed by atoms with Crippen LogP contribution in [0.25, 0.3) is 0 Å². The van der Waals surface area contributed by atoms with Crippen LogP contribution in [0.3, 0.4) is 0 Å². The molecule has 1 fully saturated rings. The molecule has 2 N–H and O–H groups in total. The fourth-order valence-corrected chi connectivity index (χ4v) is 3.38. The Kier molecular flexibility index (Phi) is 3.35. The molecule has 1 saturated heterocycles. The van der Waals surface area contributed by atoms with Crippen molar-refractivity contribution in [3.63, 3.8) is 0 Å². The minimum atomic E-state index is -1.05. The zero-order chi connectivity index (χ0) is 15.0. The maximum absolute atomic E-state index is 12.8. The van der Waals surface area contributed by atoms with Gasteiger partial charge in [-0.05, 0) is 37.8 Å². The highest BCUT2D eigenvalue weighted by molar-refractivity contribution is 5.89. The smallest absolute Gasteiger partial charge is 0.329 e. The van der Waals surface area contributed by atoms with Crippen LogP contribution in [0.1, 0.15) is 25.3 Å². The van der Waals surface area contributed by atoms with Gasteiger partial charge in [-0.25, -0.2) is 4.79 Å². The van der Waals surface area contributed by atoms with Crippen LogP contribution in [-0.2, 0) is 16.0 Å². The molecule has 0 saturated carbocycles. The molecule has 2 heterocycles. The van der Waals surface area contributed by atoms with Gasteiger partial charge in [0.25, 0.3) is 0 Å². The number of hydrogen-bond acceptors (Lipinski definition) is 3. The molecule has 0 aromatic heterocycles. The zero-order valence-electron chi connectivity index (χ0n) is 12.1. The Morgan fingerprint density at radius 3 is 2.90 bits per heavy atom. The average molecular weight is 288 g/mol. The number of likely N-dealkylation sites (tertiary alicyclic amines) is 1. The quantitative estimate of drug-likeness (QED) is 0.869. The van der Waals surface area contributed by atoms with Gasteiger partial charge in [0.15, 0.2) is 0 Å². The normalized spacial score (nSPS) is 27.9. The monoisotopic (exact) mass is 288 g/mol. The van der Waals surface area contributed by atoms with E-state index in [4.69, 9.17) is 0 Å². The molecule has 1 aromatic rings. The van der Waals surface area contributed by atoms with E-state index in [1.807, 2.05) is 24.3 Å². The third-order valence-electron chi connectivity index (χ3n) is 4.74. The van der Waals surface area contributed by atoms with Gasteiger partial charge < -0.3 is 15.3 Å². The number of hydrogen-bond donors (Lipinski definition) is 2. The Bertz CT molecular complexity index is 587. The summed E-state index contributed by atoms with van der Waals surface area (Å²) in [5, 5.41) is 12.7. The van der Waals surface area contributed by atoms with Crippen molar-refractivity contribution in [1.29, 1.82) is 0 Å². The maximum atomic E-state index is 12.8. The Balaban J connectivity index is 1.79. The minimum Gasteiger partial charge on any atom is -0.480 e. The van der Waals surface area contributed by atoms with Gasteiger partial charge in [-0.15, -0.1) is 0 Å². The number of aliphatic carboxylic acids is 1. The first-order valence-corrected chi connectivity index (χ1v) is 7.39. The van der Waals surface area contributed by atoms with Crippen LogP contribution in [0.4, 0.5) is 5.69 Å². The first kappa shape index (κ1) is 13.9. The lowest BCUT2D eigenvalue weighted by molar-refractivity contribution is -0.156. The Hall–Kier alpha value is -2.04. The van der Waals surface area contributed by atoms with E-state index in [1.165, 1.54) is 0 Å². The second-order valence-electron chi connectivity index (χ2n) is 6.11. The lowest BCUT2D eigenvalue weighted by atomic mass is 9.91. The molecule has 2 aliphatic rings. The predicted molar refractivity (Wildman–Crippen MR) is 79.1 cm³/mol. The van der Waals surface area contributed by atoms with Crippen molar-refractivity contribution in [2.24, 2.45) is 5.92 Å². The second kappa shape index (κ2) is 5.06. The first-order chi connectivity index (χ1) is 10.0. The van der Waals surface area contributed by atoms with Crippen LogP contribution in [-0.4, -0.2) is 40.5 Å². The lowest BCUT2D eigenvalue weighted by Crippen LogP contribution is -2.54. The minimum absolute atomic E-state index is 0.0422. The van der Waals surface area contributed by atoms with Crippen LogP contribution < -0.4 is 5.32 Å². The fourth-order valence-electron chi connectivity index (χ4n) is 3.38. The summed E-state index contributed by atoms with van der Waals surface area (Å²) in [6.45, 7) is 2.77. The van der Waals surface area contributed by atoms with Gasteiger partial charge in [0.05, 0.1) is 5.92 Å². The van der Waals surface area contributed by atoms with Gasteiger partial charge >= 0.3 is 5.97 Å². The lowest BCUT2D eigenvalue weighted by Gasteiger charge is -2.35. The van der Waals surface area contributed by atoms with Crippen molar-refractivity contribution in [2.75, 3.05) is 18.4 Å². The highest BCUT2D eigenvalue weighted by Crippen LogP contribution is 2.33. The number of carbonyl (C=O) groups excluding carboxylic acids is 1. The number of fused-ring (bicyclic) bond motifs is 1. The number of benzene rings is 1. The summed E-state index contributed by atoms with van der Waals surface area (Å²) >= 11 is 0. The van der Waals surface area contributed by atoms with E-state index in [1.54, 1.807) is 11.8 Å². The number of rotatable bonds is 2. The van der Waals surface area contributed by atoms with Gasteiger partial charge in [-0.3, -0.25) is 4.79 Å². The summed E-state index contributed by atoms with van der Waals surface area (Å²) in [5.41, 5.74) is 1.15. The molecule has 0 spiro atoms. The van der Waals surface area contributed by atoms with Crippen molar-refractivity contribution < 1.29 is 14.7 Å². The molecule has 5 nitrogen and oxygen atoms in total. The van der Waals surface area contributed by atoms with Gasteiger partial charge in [-0.1, -0.05) is 18.2 Å². The molecule has 112 valence electrons. The van der Waals surface area contributed by atoms with Gasteiger partial charge in [0, 0.05) is 18.8 Å². The van der Waals surface area contributed by atoms with Crippen LogP contribution in [0.5, 0.6) is 0 Å². The summed E-state index contributed by atoms with van der Waals surface area (Å²) in [6, 6.07) is 7.95. The fraction of sp³-hybridized carbons (Fsp3) is 0.500. The molecule has 1 aromatic carbocycles. The van der Waals surface area contributed by atoms with Gasteiger partial charge in [0.2, 0.25) is 5.91 Å². The van der Waals surface area contributed by atoms with Crippen LogP contribution in [0, 0.1) is 5.92 Å². The Morgan fingerprint density at radius 2 is 2.14 bits per heavy atom. The van der Waals surface area contributed by atoms with E-state index in [9.17, 15) is 14.7 Å². The van der Waals surface area contributed by atoms with E-state index < -0.39 is 11.5 Å². The van der Waals surface area contributed by atoms with Crippen molar-refractivity contribution in [1.82, 2.24) is 4.90 Å². The number of nitrogens with zero attached hydrogens (tertiary/aromatic N) is 1. The number of carboxylic acids is 1. The van der Waals surface area contributed by atoms with E-state index in [-0.39, 0.29) is 11.8 Å². The number of amides is 1. The van der Waals surface area contributed by atoms with Crippen molar-refractivity contribution in [3.8, 4) is 0 Å². The van der Waals surface area contributed by atoms with Crippen molar-refractivity contribution >= 4 is 17.6 Å². The highest BCUT2D eigenvalue weighted by atomic mass is 16.4. The molecule has 1 amide bonds. The predicted octanol–water partition coefficient (Wildman–Crippen LogP) is 1.74. The standard InChI is InChI=1S/C16H20N2O3/c1-16(15(20)21)7-4-8-18(16)14(19)12-9-11-5-2-3-6-13(11)17-10-12/h2-3,5-6,12,17H,4,7-10H2,1H3,(H,20,21). The molecule has 0 aliphatic carbocycles. The first-order valence-electron chi connectivity index (χ1n) is 7.39. The zero-order valence-corrected chi connectivity index (χ0v) is 12.1. The Morgan fingerprint density at radius 1 is 1.38 bits per heavy atom. The van der Waals surface area contributed by atoms with Gasteiger partial charge in [-0.2, -0.15) is 0 Å². The molecule has 5 heteroatoms. The number of carbonyl (C=O) groups is 2. The van der Waals surface area contributed by atoms with E-state index in [0.717, 1.165) is 17.7 Å². The van der Waals surface area contributed by atoms with Crippen LogP contribution in [0.15, 0.2) is 24.3 Å². The summed E-state index contributed by atoms with van der Waals surface area (Å²) in [4.78, 5) is 25.8. The largest absolute Gasteiger partial charge is 0.480 e. The summed E-state index contributed by atoms with van der Waals surface area (Å²) in [6.07, 6.45) is 1.96. The molecule has 21 heavy (non-hydrogen) atoms. The maximum Gasteiger partial charge on any atom is 0.329 e. The molecule has 0 bridgehead atoms. The molecule has 2 unspecified atom stereocenters. The van der Waals surface area contributed by atoms with Crippen molar-refractivity contribution in [2.45, 2.75) is 31.7 Å². The number of para-hydroxylation sites is 1. The average Bonchev–Trinajstić information content (AvgIpc) is 2.89. The molecule has 2 aliphatic heterocycles. The van der Waals surface area contributed by atoms with E-state index in [2.05, 4.69) is 5.32 Å². The van der Waals surface area contributed by atoms with E-state index in [0.29, 0.717) is 25.9 Å². The molecule has 0 radical (unpaired) electrons. The van der Waals surface area contributed by atoms with Crippen LogP contribution in [0.2, 0.25) is 0 Å². The molecule has 2 atom stereocenters. The Labute approximate surface area is 123 Å². The topological polar surface area (TPSA) is 69.6 Å². The van der Waals surface area contributed by atoms with E-state index >= 15 is 0 Å². The third kappa shape index (κ3) is 2.26. The summed E-state index contributed by atoms with van der Waals surface area (Å²) in [5.74, 6) is -1.13. The second-order valence-corrected chi connectivity index (χ2v) is 6.11.